The van der Waals surface area contributed by atoms with Crippen molar-refractivity contribution in [3.8, 4) is 5.75 Å². The van der Waals surface area contributed by atoms with Crippen LogP contribution < -0.4 is 19.6 Å². The zero-order chi connectivity index (χ0) is 21.1. The van der Waals surface area contributed by atoms with Crippen molar-refractivity contribution in [3.05, 3.63) is 36.5 Å². The standard InChI is InChI=1S/C20H29AsN4O4/c1-21(11-15-28-3)19-22-13-10-18(24-19)25(20(26)23-12-5-14-27-2)16-6-8-17(29-4)9-7-16/h6-10,13H,5,11-12,14-15H2,1-4H3,(H,23,26). The summed E-state index contributed by atoms with van der Waals surface area (Å²) in [6, 6.07) is 8.81. The fourth-order valence-corrected chi connectivity index (χ4v) is 5.06. The molecule has 2 aromatic rings. The summed E-state index contributed by atoms with van der Waals surface area (Å²) in [6.07, 6.45) is 2.44. The molecule has 2 rings (SSSR count). The number of methoxy groups -OCH3 is 3. The molecule has 0 spiro atoms. The molecule has 1 aromatic carbocycles. The van der Waals surface area contributed by atoms with Gasteiger partial charge in [0, 0.05) is 0 Å². The van der Waals surface area contributed by atoms with Crippen LogP contribution >= 0.6 is 0 Å². The minimum atomic E-state index is -1.43. The fraction of sp³-hybridized carbons (Fsp3) is 0.450. The van der Waals surface area contributed by atoms with Gasteiger partial charge in [-0.1, -0.05) is 0 Å². The molecule has 2 amide bonds. The third-order valence-electron chi connectivity index (χ3n) is 4.16. The van der Waals surface area contributed by atoms with Crippen LogP contribution in [0.1, 0.15) is 6.42 Å². The maximum absolute atomic E-state index is 13.0. The number of nitrogens with one attached hydrogen (secondary N) is 1. The Labute approximate surface area is 176 Å². The number of carbonyl (C=O) groups excluding carboxylic acids is 1. The van der Waals surface area contributed by atoms with Gasteiger partial charge in [-0.05, 0) is 0 Å². The van der Waals surface area contributed by atoms with Crippen LogP contribution in [-0.2, 0) is 9.47 Å². The number of amides is 2. The summed E-state index contributed by atoms with van der Waals surface area (Å²) >= 11 is -1.43. The fourth-order valence-electron chi connectivity index (χ4n) is 2.55. The van der Waals surface area contributed by atoms with E-state index in [1.165, 1.54) is 0 Å². The number of benzene rings is 1. The molecule has 0 saturated carbocycles. The predicted molar refractivity (Wildman–Crippen MR) is 115 cm³/mol. The van der Waals surface area contributed by atoms with Crippen molar-refractivity contribution in [3.63, 3.8) is 0 Å². The molecule has 9 heteroatoms. The molecule has 1 unspecified atom stereocenters. The van der Waals surface area contributed by atoms with Crippen molar-refractivity contribution in [1.29, 1.82) is 0 Å². The summed E-state index contributed by atoms with van der Waals surface area (Å²) < 4.78 is 16.3. The van der Waals surface area contributed by atoms with Gasteiger partial charge in [0.1, 0.15) is 0 Å². The second kappa shape index (κ2) is 12.4. The molecule has 0 aliphatic rings. The van der Waals surface area contributed by atoms with E-state index in [4.69, 9.17) is 19.2 Å². The SMILES string of the molecule is COCCCNC(=O)N(c1ccc(OC)cc1)c1ccnc([As](C)CCOC)n1. The van der Waals surface area contributed by atoms with Gasteiger partial charge in [-0.15, -0.1) is 0 Å². The van der Waals surface area contributed by atoms with E-state index in [2.05, 4.69) is 16.0 Å². The van der Waals surface area contributed by atoms with E-state index < -0.39 is 14.7 Å². The number of anilines is 2. The second-order valence-electron chi connectivity index (χ2n) is 6.24. The van der Waals surface area contributed by atoms with Crippen molar-refractivity contribution in [2.45, 2.75) is 17.3 Å². The molecule has 0 aliphatic carbocycles. The summed E-state index contributed by atoms with van der Waals surface area (Å²) in [5.41, 5.74) is 2.89. The van der Waals surface area contributed by atoms with Gasteiger partial charge in [0.05, 0.1) is 0 Å². The molecule has 0 radical (unpaired) electrons. The molecular weight excluding hydrogens is 435 g/mol. The maximum atomic E-state index is 13.0. The van der Waals surface area contributed by atoms with Crippen LogP contribution in [0.3, 0.4) is 0 Å². The Morgan fingerprint density at radius 3 is 2.48 bits per heavy atom. The minimum absolute atomic E-state index is 0.247. The summed E-state index contributed by atoms with van der Waals surface area (Å²) in [4.78, 5) is 23.7. The van der Waals surface area contributed by atoms with Crippen molar-refractivity contribution < 1.29 is 19.0 Å². The Balaban J connectivity index is 2.29. The Kier molecular flexibility index (Phi) is 9.91. The van der Waals surface area contributed by atoms with E-state index in [0.29, 0.717) is 31.3 Å². The van der Waals surface area contributed by atoms with Gasteiger partial charge in [-0.2, -0.15) is 0 Å². The number of urea groups is 1. The first-order valence-corrected chi connectivity index (χ1v) is 13.5. The van der Waals surface area contributed by atoms with Crippen LogP contribution in [-0.4, -0.2) is 71.7 Å². The number of nitrogens with zero attached hydrogens (tertiary/aromatic N) is 3. The van der Waals surface area contributed by atoms with Gasteiger partial charge in [0.15, 0.2) is 0 Å². The van der Waals surface area contributed by atoms with Crippen molar-refractivity contribution in [2.75, 3.05) is 46.0 Å². The van der Waals surface area contributed by atoms with Crippen LogP contribution in [0.4, 0.5) is 16.3 Å². The monoisotopic (exact) mass is 464 g/mol. The number of carbonyl (C=O) groups is 1. The number of rotatable bonds is 11. The number of ether oxygens (including phenoxy) is 3. The molecule has 1 N–H and O–H groups in total. The van der Waals surface area contributed by atoms with E-state index in [1.807, 2.05) is 24.3 Å². The van der Waals surface area contributed by atoms with Crippen molar-refractivity contribution in [1.82, 2.24) is 15.3 Å². The third kappa shape index (κ3) is 6.99. The van der Waals surface area contributed by atoms with Gasteiger partial charge >= 0.3 is 177 Å². The summed E-state index contributed by atoms with van der Waals surface area (Å²) in [5, 5.41) is 3.88. The Morgan fingerprint density at radius 2 is 1.83 bits per heavy atom. The van der Waals surface area contributed by atoms with Crippen LogP contribution in [0.5, 0.6) is 5.75 Å². The molecule has 158 valence electrons. The summed E-state index contributed by atoms with van der Waals surface area (Å²) in [5.74, 6) is 1.27. The first kappa shape index (κ1) is 23.1. The zero-order valence-electron chi connectivity index (χ0n) is 17.4. The molecule has 0 aliphatic heterocycles. The molecule has 8 nitrogen and oxygen atoms in total. The molecular formula is C20H29AsN4O4. The van der Waals surface area contributed by atoms with E-state index in [1.54, 1.807) is 38.5 Å². The van der Waals surface area contributed by atoms with E-state index in [0.717, 1.165) is 22.0 Å². The quantitative estimate of drug-likeness (QED) is 0.406. The number of hydrogen-bond acceptors (Lipinski definition) is 6. The normalized spacial score (nSPS) is 11.7. The number of hydrogen-bond donors (Lipinski definition) is 1. The molecule has 29 heavy (non-hydrogen) atoms. The van der Waals surface area contributed by atoms with Gasteiger partial charge in [-0.3, -0.25) is 0 Å². The zero-order valence-corrected chi connectivity index (χ0v) is 19.3. The third-order valence-corrected chi connectivity index (χ3v) is 7.84. The summed E-state index contributed by atoms with van der Waals surface area (Å²) in [6.45, 7) is 1.78. The van der Waals surface area contributed by atoms with Crippen LogP contribution in [0.25, 0.3) is 0 Å². The average Bonchev–Trinajstić information content (AvgIpc) is 2.76. The average molecular weight is 464 g/mol. The van der Waals surface area contributed by atoms with Gasteiger partial charge in [0.2, 0.25) is 0 Å². The molecule has 1 aromatic heterocycles. The Hall–Kier alpha value is -2.15. The van der Waals surface area contributed by atoms with Gasteiger partial charge in [-0.25, -0.2) is 0 Å². The molecule has 0 fully saturated rings. The molecule has 1 atom stereocenters. The van der Waals surface area contributed by atoms with E-state index in [-0.39, 0.29) is 6.03 Å². The van der Waals surface area contributed by atoms with Gasteiger partial charge in [0.25, 0.3) is 0 Å². The second-order valence-corrected chi connectivity index (χ2v) is 10.9. The van der Waals surface area contributed by atoms with Crippen LogP contribution in [0, 0.1) is 0 Å². The Morgan fingerprint density at radius 1 is 1.10 bits per heavy atom. The first-order chi connectivity index (χ1) is 14.1. The van der Waals surface area contributed by atoms with E-state index >= 15 is 0 Å². The summed E-state index contributed by atoms with van der Waals surface area (Å²) in [7, 11) is 4.94. The molecule has 1 heterocycles. The van der Waals surface area contributed by atoms with Gasteiger partial charge < -0.3 is 0 Å². The van der Waals surface area contributed by atoms with E-state index in [9.17, 15) is 4.79 Å². The molecule has 0 saturated heterocycles. The van der Waals surface area contributed by atoms with Crippen LogP contribution in [0.15, 0.2) is 36.5 Å². The number of aromatic nitrogens is 2. The van der Waals surface area contributed by atoms with Crippen molar-refractivity contribution in [2.24, 2.45) is 0 Å². The molecule has 0 bridgehead atoms. The van der Waals surface area contributed by atoms with Crippen LogP contribution in [0.2, 0.25) is 10.9 Å². The Bertz CT molecular complexity index is 760. The van der Waals surface area contributed by atoms with Crippen molar-refractivity contribution >= 4 is 36.8 Å². The first-order valence-electron chi connectivity index (χ1n) is 9.34. The predicted octanol–water partition coefficient (Wildman–Crippen LogP) is 2.35. The topological polar surface area (TPSA) is 85.8 Å².